The first-order valence-electron chi connectivity index (χ1n) is 37.4. The number of para-hydroxylation sites is 4. The van der Waals surface area contributed by atoms with Gasteiger partial charge in [-0.1, -0.05) is 326 Å². The Kier molecular flexibility index (Phi) is 18.9. The average molecular weight is 1460 g/mol. The van der Waals surface area contributed by atoms with Crippen LogP contribution in [-0.2, 0) is 10.8 Å². The zero-order chi connectivity index (χ0) is 74.6. The Hall–Kier alpha value is -13.0. The smallest absolute Gasteiger partial charge is 0.455 e. The van der Waals surface area contributed by atoms with E-state index in [9.17, 15) is 10.0 Å². The number of hydrogen-bond donors (Lipinski definition) is 2. The minimum Gasteiger partial charge on any atom is -0.455 e. The van der Waals surface area contributed by atoms with Crippen molar-refractivity contribution in [1.82, 2.24) is 0 Å². The number of halogens is 1. The van der Waals surface area contributed by atoms with E-state index < -0.39 is 7.12 Å². The van der Waals surface area contributed by atoms with E-state index in [2.05, 4.69) is 329 Å². The number of rotatable bonds is 12. The van der Waals surface area contributed by atoms with Crippen LogP contribution in [0.25, 0.3) is 122 Å². The molecule has 6 nitrogen and oxygen atoms in total. The van der Waals surface area contributed by atoms with Gasteiger partial charge in [-0.3, -0.25) is 0 Å². The Labute approximate surface area is 653 Å². The van der Waals surface area contributed by atoms with Crippen LogP contribution >= 0.6 is 11.6 Å². The molecule has 0 unspecified atom stereocenters. The first kappa shape index (κ1) is 70.9. The normalized spacial score (nSPS) is 12.5. The maximum Gasteiger partial charge on any atom is 0.488 e. The number of nitrogens with zero attached hydrogens (tertiary/aromatic N) is 2. The molecule has 0 fully saturated rings. The van der Waals surface area contributed by atoms with E-state index in [1.807, 2.05) is 72.8 Å². The maximum absolute atomic E-state index is 9.67. The highest BCUT2D eigenvalue weighted by Crippen LogP contribution is 2.54. The van der Waals surface area contributed by atoms with Crippen LogP contribution in [0.3, 0.4) is 0 Å². The van der Waals surface area contributed by atoms with Gasteiger partial charge in [-0.2, -0.15) is 0 Å². The molecule has 111 heavy (non-hydrogen) atoms. The molecule has 0 aliphatic heterocycles. The number of fused-ring (bicyclic) bond motifs is 12. The number of benzene rings is 16. The fourth-order valence-corrected chi connectivity index (χ4v) is 16.8. The lowest BCUT2D eigenvalue weighted by Gasteiger charge is -2.30. The van der Waals surface area contributed by atoms with Crippen molar-refractivity contribution in [3.05, 3.63) is 403 Å². The second-order valence-corrected chi connectivity index (χ2v) is 29.8. The van der Waals surface area contributed by atoms with Crippen LogP contribution in [-0.4, -0.2) is 17.2 Å². The highest BCUT2D eigenvalue weighted by molar-refractivity contribution is 6.58. The number of hydrogen-bond acceptors (Lipinski definition) is 6. The van der Waals surface area contributed by atoms with Crippen molar-refractivity contribution in [2.45, 2.75) is 46.0 Å². The van der Waals surface area contributed by atoms with Gasteiger partial charge in [0.05, 0.1) is 11.4 Å². The van der Waals surface area contributed by atoms with E-state index in [1.54, 1.807) is 12.1 Å². The van der Waals surface area contributed by atoms with Gasteiger partial charge in [0.15, 0.2) is 0 Å². The Bertz CT molecular complexity index is 6450. The molecule has 536 valence electrons. The third-order valence-corrected chi connectivity index (χ3v) is 22.3. The molecular weight excluding hydrogens is 1380 g/mol. The Morgan fingerprint density at radius 3 is 1.05 bits per heavy atom. The number of anilines is 6. The van der Waals surface area contributed by atoms with Crippen molar-refractivity contribution in [2.75, 3.05) is 9.80 Å². The van der Waals surface area contributed by atoms with Crippen LogP contribution in [0.15, 0.2) is 385 Å². The fourth-order valence-electron chi connectivity index (χ4n) is 16.6. The minimum atomic E-state index is -1.50. The summed E-state index contributed by atoms with van der Waals surface area (Å²) >= 11 is 6.29. The average Bonchev–Trinajstić information content (AvgIpc) is 1.59. The fraction of sp³-hybridized carbons (Fsp3) is 0.0680. The second kappa shape index (κ2) is 29.5. The van der Waals surface area contributed by atoms with E-state index in [0.717, 1.165) is 128 Å². The molecule has 2 aliphatic rings. The van der Waals surface area contributed by atoms with Gasteiger partial charge in [0.2, 0.25) is 0 Å². The molecule has 2 heterocycles. The van der Waals surface area contributed by atoms with E-state index in [0.29, 0.717) is 5.46 Å². The van der Waals surface area contributed by atoms with Crippen LogP contribution in [0.5, 0.6) is 0 Å². The predicted molar refractivity (Wildman–Crippen MR) is 467 cm³/mol. The third-order valence-electron chi connectivity index (χ3n) is 22.1. The molecule has 2 aliphatic carbocycles. The highest BCUT2D eigenvalue weighted by Gasteiger charge is 2.38. The van der Waals surface area contributed by atoms with Gasteiger partial charge in [-0.15, -0.1) is 0 Å². The molecule has 2 N–H and O–H groups in total. The van der Waals surface area contributed by atoms with E-state index >= 15 is 0 Å². The molecule has 0 atom stereocenters. The zero-order valence-corrected chi connectivity index (χ0v) is 62.1. The summed E-state index contributed by atoms with van der Waals surface area (Å²) in [5, 5.41) is 24.5. The summed E-state index contributed by atoms with van der Waals surface area (Å²) in [7, 11) is -1.50. The van der Waals surface area contributed by atoms with Gasteiger partial charge in [0.1, 0.15) is 22.3 Å². The molecule has 0 saturated carbocycles. The third kappa shape index (κ3) is 13.0. The quantitative estimate of drug-likeness (QED) is 0.119. The molecule has 0 amide bonds. The summed E-state index contributed by atoms with van der Waals surface area (Å²) in [5.41, 5.74) is 32.2. The molecule has 16 aromatic carbocycles. The molecular formula is C103H80BClN2O4. The Balaban J connectivity index is 0.000000133. The van der Waals surface area contributed by atoms with Crippen molar-refractivity contribution in [3.63, 3.8) is 0 Å². The molecule has 18 aromatic rings. The summed E-state index contributed by atoms with van der Waals surface area (Å²) < 4.78 is 12.5. The predicted octanol–water partition coefficient (Wildman–Crippen LogP) is 27.7. The molecule has 0 spiro atoms. The summed E-state index contributed by atoms with van der Waals surface area (Å²) in [5.74, 6) is 0. The molecule has 0 bridgehead atoms. The van der Waals surface area contributed by atoms with Gasteiger partial charge >= 0.3 is 7.12 Å². The Morgan fingerprint density at radius 2 is 0.613 bits per heavy atom. The van der Waals surface area contributed by atoms with Crippen molar-refractivity contribution >= 4 is 102 Å². The van der Waals surface area contributed by atoms with Crippen molar-refractivity contribution in [1.29, 1.82) is 0 Å². The number of furan rings is 2. The standard InChI is InChI=1S/C51H37NO.C33H28BNO2.C18H11ClO.CH4/c1-51(2)46-22-12-9-20-41(46)42-30-29-39(33-47(42)51)52(48-23-13-10-19-40(48)35-15-5-3-6-16-35)38-27-25-34(26-28-38)37-31-44(36-17-7-4-8-18-36)50-45(32-37)43-21-11-14-24-49(43)53-50;1-33(2)30-14-8-6-13-28(30)29-21-20-26(22-31(29)33)35(25-18-16-24(17-19-25)34(36)37)32-15-9-7-12-27(32)23-10-4-3-5-11-23;19-13-10-15(12-6-2-1-3-7-12)18-16(11-13)14-8-4-5-9-17(14)20-18;/h3-33H,1-2H3;3-22,36-37H,1-2H3;1-11H;1H4. The second-order valence-electron chi connectivity index (χ2n) is 29.4. The van der Waals surface area contributed by atoms with Gasteiger partial charge in [0.25, 0.3) is 0 Å². The van der Waals surface area contributed by atoms with Crippen molar-refractivity contribution < 1.29 is 18.9 Å². The van der Waals surface area contributed by atoms with Gasteiger partial charge < -0.3 is 28.7 Å². The maximum atomic E-state index is 9.67. The van der Waals surface area contributed by atoms with Gasteiger partial charge in [-0.05, 0) is 180 Å². The molecule has 20 rings (SSSR count). The first-order valence-corrected chi connectivity index (χ1v) is 37.8. The molecule has 8 heteroatoms. The first-order chi connectivity index (χ1) is 53.8. The summed E-state index contributed by atoms with van der Waals surface area (Å²) in [6.07, 6.45) is 0. The molecule has 2 aromatic heterocycles. The van der Waals surface area contributed by atoms with Crippen molar-refractivity contribution in [3.8, 4) is 77.9 Å². The van der Waals surface area contributed by atoms with E-state index in [4.69, 9.17) is 20.4 Å². The summed E-state index contributed by atoms with van der Waals surface area (Å²) in [4.78, 5) is 4.68. The lowest BCUT2D eigenvalue weighted by Crippen LogP contribution is -2.29. The molecule has 0 saturated heterocycles. The highest BCUT2D eigenvalue weighted by atomic mass is 35.5. The Morgan fingerprint density at radius 1 is 0.270 bits per heavy atom. The summed E-state index contributed by atoms with van der Waals surface area (Å²) in [6.45, 7) is 9.28. The zero-order valence-electron chi connectivity index (χ0n) is 61.4. The summed E-state index contributed by atoms with van der Waals surface area (Å²) in [6, 6.07) is 132. The van der Waals surface area contributed by atoms with Gasteiger partial charge in [0, 0.05) is 82.4 Å². The van der Waals surface area contributed by atoms with E-state index in [-0.39, 0.29) is 18.3 Å². The van der Waals surface area contributed by atoms with Crippen molar-refractivity contribution in [2.24, 2.45) is 0 Å². The molecule has 0 radical (unpaired) electrons. The topological polar surface area (TPSA) is 73.2 Å². The lowest BCUT2D eigenvalue weighted by atomic mass is 9.80. The SMILES string of the molecule is C.CC1(C)c2ccccc2-c2ccc(N(c3ccc(-c4cc(-c5ccccc5)c5oc6ccccc6c5c4)cc3)c3ccccc3-c3ccccc3)cc21.CC1(C)c2ccccc2-c2ccc(N(c3ccc(B(O)O)cc3)c3ccccc3-c3ccccc3)cc21.Clc1cc(-c2ccccc2)c2oc3ccccc3c2c1. The van der Waals surface area contributed by atoms with Crippen LogP contribution in [0.1, 0.15) is 57.4 Å². The van der Waals surface area contributed by atoms with Crippen LogP contribution in [0.2, 0.25) is 5.02 Å². The minimum absolute atomic E-state index is 0. The lowest BCUT2D eigenvalue weighted by molar-refractivity contribution is 0.426. The van der Waals surface area contributed by atoms with E-state index in [1.165, 1.54) is 55.6 Å². The largest absolute Gasteiger partial charge is 0.488 e. The van der Waals surface area contributed by atoms with Crippen LogP contribution < -0.4 is 15.3 Å². The monoisotopic (exact) mass is 1450 g/mol. The van der Waals surface area contributed by atoms with Gasteiger partial charge in [-0.25, -0.2) is 0 Å². The van der Waals surface area contributed by atoms with Crippen LogP contribution in [0, 0.1) is 0 Å². The van der Waals surface area contributed by atoms with Crippen LogP contribution in [0.4, 0.5) is 34.1 Å².